The number of aliphatic imine (C=N–C) groups is 2. The van der Waals surface area contributed by atoms with Crippen LogP contribution in [0.1, 0.15) is 41.7 Å². The number of para-hydroxylation sites is 1. The molecule has 55 heavy (non-hydrogen) atoms. The van der Waals surface area contributed by atoms with E-state index in [9.17, 15) is 0 Å². The summed E-state index contributed by atoms with van der Waals surface area (Å²) >= 11 is 3.82. The van der Waals surface area contributed by atoms with E-state index in [0.29, 0.717) is 6.54 Å². The number of aromatic nitrogens is 1. The van der Waals surface area contributed by atoms with Crippen LogP contribution in [0.4, 0.5) is 0 Å². The van der Waals surface area contributed by atoms with Crippen LogP contribution in [0.2, 0.25) is 0 Å². The molecule has 1 aliphatic carbocycles. The van der Waals surface area contributed by atoms with E-state index in [2.05, 4.69) is 170 Å². The van der Waals surface area contributed by atoms with Crippen molar-refractivity contribution in [1.82, 2.24) is 4.57 Å². The van der Waals surface area contributed by atoms with Crippen molar-refractivity contribution in [3.8, 4) is 16.8 Å². The van der Waals surface area contributed by atoms with Gasteiger partial charge in [0.2, 0.25) is 0 Å². The maximum atomic E-state index is 5.20. The monoisotopic (exact) mass is 743 g/mol. The summed E-state index contributed by atoms with van der Waals surface area (Å²) in [4.78, 5) is 15.1. The van der Waals surface area contributed by atoms with Crippen molar-refractivity contribution >= 4 is 63.5 Å². The second-order valence-electron chi connectivity index (χ2n) is 14.6. The zero-order valence-corrected chi connectivity index (χ0v) is 32.3. The Labute approximate surface area is 330 Å². The van der Waals surface area contributed by atoms with Crippen LogP contribution in [-0.2, 0) is 12.0 Å². The molecule has 0 N–H and O–H groups in total. The maximum absolute atomic E-state index is 5.20. The first kappa shape index (κ1) is 33.7. The van der Waals surface area contributed by atoms with Gasteiger partial charge in [0.15, 0.2) is 0 Å². The molecule has 0 radical (unpaired) electrons. The third-order valence-electron chi connectivity index (χ3n) is 11.0. The minimum atomic E-state index is -0.180. The Morgan fingerprint density at radius 2 is 1.35 bits per heavy atom. The van der Waals surface area contributed by atoms with Gasteiger partial charge in [0.1, 0.15) is 0 Å². The molecule has 2 aliphatic rings. The quantitative estimate of drug-likeness (QED) is 0.152. The number of hydrogen-bond donors (Lipinski definition) is 0. The highest BCUT2D eigenvalue weighted by Crippen LogP contribution is 2.59. The largest absolute Gasteiger partial charge is 0.309 e. The Kier molecular flexibility index (Phi) is 8.24. The highest BCUT2D eigenvalue weighted by atomic mass is 32.2. The zero-order valence-electron chi connectivity index (χ0n) is 30.7. The van der Waals surface area contributed by atoms with E-state index in [1.54, 1.807) is 0 Å². The molecule has 0 atom stereocenters. The third-order valence-corrected chi connectivity index (χ3v) is 13.6. The number of benzene rings is 7. The molecule has 0 fully saturated rings. The molecule has 1 aromatic heterocycles. The van der Waals surface area contributed by atoms with Crippen LogP contribution >= 0.6 is 23.5 Å². The number of nitrogens with zero attached hydrogens (tertiary/aromatic N) is 3. The van der Waals surface area contributed by atoms with Gasteiger partial charge in [0.25, 0.3) is 0 Å². The van der Waals surface area contributed by atoms with Gasteiger partial charge in [0.05, 0.1) is 29.0 Å². The first-order chi connectivity index (χ1) is 27.0. The van der Waals surface area contributed by atoms with E-state index < -0.39 is 0 Å². The Morgan fingerprint density at radius 3 is 2.15 bits per heavy atom. The molecule has 0 saturated carbocycles. The Balaban J connectivity index is 1.13. The number of allylic oxidation sites excluding steroid dienone is 1. The first-order valence-corrected chi connectivity index (χ1v) is 20.2. The molecule has 0 spiro atoms. The fourth-order valence-corrected chi connectivity index (χ4v) is 10.9. The Morgan fingerprint density at radius 1 is 0.636 bits per heavy atom. The predicted molar refractivity (Wildman–Crippen MR) is 234 cm³/mol. The molecule has 0 saturated heterocycles. The van der Waals surface area contributed by atoms with Gasteiger partial charge in [-0.05, 0) is 89.1 Å². The highest BCUT2D eigenvalue weighted by Gasteiger charge is 2.40. The molecule has 5 heteroatoms. The summed E-state index contributed by atoms with van der Waals surface area (Å²) < 4.78 is 2.44. The normalized spacial score (nSPS) is 14.4. The molecule has 2 heterocycles. The Bertz CT molecular complexity index is 2880. The maximum Gasteiger partial charge on any atom is 0.0716 e. The van der Waals surface area contributed by atoms with E-state index in [0.717, 1.165) is 33.8 Å². The second-order valence-corrected chi connectivity index (χ2v) is 16.8. The van der Waals surface area contributed by atoms with Crippen LogP contribution in [0.25, 0.3) is 44.3 Å². The topological polar surface area (TPSA) is 29.6 Å². The molecule has 8 aromatic rings. The lowest BCUT2D eigenvalue weighted by molar-refractivity contribution is 0.643. The number of hydrogen-bond acceptors (Lipinski definition) is 4. The van der Waals surface area contributed by atoms with Crippen molar-refractivity contribution in [3.05, 3.63) is 192 Å². The summed E-state index contributed by atoms with van der Waals surface area (Å²) in [6, 6.07) is 56.6. The molecule has 3 nitrogen and oxygen atoms in total. The molecule has 0 amide bonds. The van der Waals surface area contributed by atoms with Crippen molar-refractivity contribution < 1.29 is 0 Å². The van der Waals surface area contributed by atoms with Crippen molar-refractivity contribution in [2.45, 2.75) is 45.4 Å². The molecular weight excluding hydrogens is 707 g/mol. The van der Waals surface area contributed by atoms with Crippen molar-refractivity contribution in [1.29, 1.82) is 0 Å². The van der Waals surface area contributed by atoms with E-state index in [1.807, 2.05) is 47.8 Å². The van der Waals surface area contributed by atoms with Gasteiger partial charge in [0, 0.05) is 52.6 Å². The summed E-state index contributed by atoms with van der Waals surface area (Å²) in [5.41, 5.74) is 13.6. The van der Waals surface area contributed by atoms with Gasteiger partial charge in [-0.15, -0.1) is 0 Å². The SMILES string of the molecule is C=N/C(=C\C(=NCc1ccccc1)c1cccc(-n2c3ccccc3c3cc4c(cc32)C(C)(C)c2c-4ccc3c2Sc2ccccc2S3)c1)c1ccccc1. The van der Waals surface area contributed by atoms with E-state index in [4.69, 9.17) is 4.99 Å². The summed E-state index contributed by atoms with van der Waals surface area (Å²) in [6.07, 6.45) is 2.07. The molecule has 10 rings (SSSR count). The third kappa shape index (κ3) is 5.69. The fraction of sp³-hybridized carbons (Fsp3) is 0.0800. The molecule has 264 valence electrons. The van der Waals surface area contributed by atoms with Crippen LogP contribution in [-0.4, -0.2) is 17.0 Å². The van der Waals surface area contributed by atoms with E-state index in [-0.39, 0.29) is 5.41 Å². The summed E-state index contributed by atoms with van der Waals surface area (Å²) in [6.45, 7) is 9.30. The standard InChI is InChI=1S/C50H37N3S2/c1-50(2)40-29-44-39(28-38(40)37-25-26-47-49(48(37)50)55-46-24-13-12-23-45(46)54-47)36-21-10-11-22-43(36)53(44)35-20-14-19-34(27-35)42(52-31-32-15-6-4-7-16-32)30-41(51-3)33-17-8-5-9-18-33/h4-30H,3,31H2,1-2H3/b41-30-,52-42?. The van der Waals surface area contributed by atoms with Gasteiger partial charge in [-0.3, -0.25) is 9.98 Å². The highest BCUT2D eigenvalue weighted by molar-refractivity contribution is 8.05. The van der Waals surface area contributed by atoms with Crippen LogP contribution in [0.3, 0.4) is 0 Å². The lowest BCUT2D eigenvalue weighted by atomic mass is 9.82. The predicted octanol–water partition coefficient (Wildman–Crippen LogP) is 13.4. The number of rotatable bonds is 7. The minimum absolute atomic E-state index is 0.180. The summed E-state index contributed by atoms with van der Waals surface area (Å²) in [5, 5.41) is 2.50. The van der Waals surface area contributed by atoms with E-state index >= 15 is 0 Å². The van der Waals surface area contributed by atoms with Gasteiger partial charge in [-0.2, -0.15) is 0 Å². The van der Waals surface area contributed by atoms with Crippen LogP contribution < -0.4 is 0 Å². The van der Waals surface area contributed by atoms with Crippen molar-refractivity contribution in [3.63, 3.8) is 0 Å². The molecule has 0 bridgehead atoms. The average molecular weight is 744 g/mol. The Hall–Kier alpha value is -5.88. The molecular formula is C50H37N3S2. The van der Waals surface area contributed by atoms with Gasteiger partial charge >= 0.3 is 0 Å². The van der Waals surface area contributed by atoms with Crippen molar-refractivity contribution in [2.75, 3.05) is 0 Å². The average Bonchev–Trinajstić information content (AvgIpc) is 3.67. The second kappa shape index (κ2) is 13.5. The van der Waals surface area contributed by atoms with Crippen LogP contribution in [0.15, 0.2) is 193 Å². The molecule has 0 unspecified atom stereocenters. The fourth-order valence-electron chi connectivity index (χ4n) is 8.35. The molecule has 7 aromatic carbocycles. The van der Waals surface area contributed by atoms with Gasteiger partial charge in [-0.1, -0.05) is 147 Å². The smallest absolute Gasteiger partial charge is 0.0716 e. The summed E-state index contributed by atoms with van der Waals surface area (Å²) in [7, 11) is 0. The van der Waals surface area contributed by atoms with Crippen molar-refractivity contribution in [2.24, 2.45) is 9.98 Å². The lowest BCUT2D eigenvalue weighted by Crippen LogP contribution is -2.17. The van der Waals surface area contributed by atoms with E-state index in [1.165, 1.54) is 63.6 Å². The number of fused-ring (bicyclic) bond motifs is 9. The van der Waals surface area contributed by atoms with Gasteiger partial charge in [-0.25, -0.2) is 0 Å². The van der Waals surface area contributed by atoms with Crippen LogP contribution in [0.5, 0.6) is 0 Å². The molecule has 1 aliphatic heterocycles. The minimum Gasteiger partial charge on any atom is -0.309 e. The van der Waals surface area contributed by atoms with Crippen LogP contribution in [0, 0.1) is 0 Å². The van der Waals surface area contributed by atoms with Gasteiger partial charge < -0.3 is 4.57 Å². The lowest BCUT2D eigenvalue weighted by Gasteiger charge is -2.28. The summed E-state index contributed by atoms with van der Waals surface area (Å²) in [5.74, 6) is 0. The first-order valence-electron chi connectivity index (χ1n) is 18.6. The zero-order chi connectivity index (χ0) is 37.1.